The van der Waals surface area contributed by atoms with E-state index in [0.717, 1.165) is 6.42 Å². The fraction of sp³-hybridized carbons (Fsp3) is 0.800. The number of hydrogen-bond acceptors (Lipinski definition) is 4. The van der Waals surface area contributed by atoms with Crippen molar-refractivity contribution in [3.8, 4) is 0 Å². The van der Waals surface area contributed by atoms with E-state index in [1.165, 1.54) is 0 Å². The van der Waals surface area contributed by atoms with Crippen LogP contribution in [0.2, 0.25) is 0 Å². The van der Waals surface area contributed by atoms with E-state index in [9.17, 15) is 9.59 Å². The second-order valence-electron chi connectivity index (χ2n) is 4.76. The quantitative estimate of drug-likeness (QED) is 0.595. The van der Waals surface area contributed by atoms with E-state index in [4.69, 9.17) is 4.74 Å². The normalized spacial score (nSPS) is 21.2. The molecule has 1 rings (SSSR count). The second-order valence-corrected chi connectivity index (χ2v) is 4.76. The van der Waals surface area contributed by atoms with Crippen LogP contribution in [0.25, 0.3) is 0 Å². The van der Waals surface area contributed by atoms with Crippen LogP contribution in [0.5, 0.6) is 0 Å². The molecule has 1 atom stereocenters. The van der Waals surface area contributed by atoms with Crippen LogP contribution in [0.4, 0.5) is 4.79 Å². The molecule has 92 valence electrons. The molecule has 3 N–H and O–H groups in total. The Labute approximate surface area is 95.1 Å². The van der Waals surface area contributed by atoms with Crippen LogP contribution < -0.4 is 16.2 Å². The van der Waals surface area contributed by atoms with Crippen molar-refractivity contribution in [1.82, 2.24) is 16.2 Å². The molecule has 0 saturated carbocycles. The third-order valence-electron chi connectivity index (χ3n) is 2.03. The summed E-state index contributed by atoms with van der Waals surface area (Å²) in [5.41, 5.74) is 4.48. The summed E-state index contributed by atoms with van der Waals surface area (Å²) in [6.45, 7) is 6.03. The molecular formula is C10H19N3O3. The molecule has 6 nitrogen and oxygen atoms in total. The van der Waals surface area contributed by atoms with Crippen LogP contribution in [0, 0.1) is 0 Å². The van der Waals surface area contributed by atoms with Crippen molar-refractivity contribution in [2.75, 3.05) is 6.54 Å². The lowest BCUT2D eigenvalue weighted by atomic mass is 10.1. The van der Waals surface area contributed by atoms with E-state index in [0.29, 0.717) is 13.0 Å². The van der Waals surface area contributed by atoms with E-state index < -0.39 is 11.7 Å². The standard InChI is InChI=1S/C10H19N3O3/c1-10(2,3)16-9(15)13-12-7-5-4-6-11-8(7)14/h7,12H,4-6H2,1-3H3,(H,11,14)(H,13,15). The van der Waals surface area contributed by atoms with Crippen LogP contribution in [-0.2, 0) is 9.53 Å². The SMILES string of the molecule is CC(C)(C)OC(=O)NNC1CCCNC1=O. The highest BCUT2D eigenvalue weighted by atomic mass is 16.6. The molecule has 1 fully saturated rings. The highest BCUT2D eigenvalue weighted by Gasteiger charge is 2.23. The first-order valence-electron chi connectivity index (χ1n) is 5.41. The van der Waals surface area contributed by atoms with Gasteiger partial charge in [-0.05, 0) is 33.6 Å². The lowest BCUT2D eigenvalue weighted by Gasteiger charge is -2.24. The Balaban J connectivity index is 2.28. The zero-order valence-corrected chi connectivity index (χ0v) is 9.92. The van der Waals surface area contributed by atoms with Crippen molar-refractivity contribution >= 4 is 12.0 Å². The number of hydrazine groups is 1. The van der Waals surface area contributed by atoms with Gasteiger partial charge in [0.15, 0.2) is 0 Å². The van der Waals surface area contributed by atoms with Crippen LogP contribution in [0.1, 0.15) is 33.6 Å². The first kappa shape index (κ1) is 12.8. The first-order chi connectivity index (χ1) is 7.38. The summed E-state index contributed by atoms with van der Waals surface area (Å²) >= 11 is 0. The highest BCUT2D eigenvalue weighted by molar-refractivity contribution is 5.82. The third kappa shape index (κ3) is 4.48. The van der Waals surface area contributed by atoms with Gasteiger partial charge in [0.2, 0.25) is 5.91 Å². The number of carbonyl (C=O) groups excluding carboxylic acids is 2. The lowest BCUT2D eigenvalue weighted by molar-refractivity contribution is -0.124. The average molecular weight is 229 g/mol. The number of ether oxygens (including phenoxy) is 1. The van der Waals surface area contributed by atoms with Crippen molar-refractivity contribution in [2.24, 2.45) is 0 Å². The Morgan fingerprint density at radius 3 is 2.75 bits per heavy atom. The molecule has 2 amide bonds. The molecular weight excluding hydrogens is 210 g/mol. The molecule has 0 aliphatic carbocycles. The molecule has 1 saturated heterocycles. The topological polar surface area (TPSA) is 79.5 Å². The van der Waals surface area contributed by atoms with E-state index in [1.807, 2.05) is 0 Å². The summed E-state index contributed by atoms with van der Waals surface area (Å²) in [7, 11) is 0. The predicted octanol–water partition coefficient (Wildman–Crippen LogP) is 0.294. The number of carbonyl (C=O) groups is 2. The smallest absolute Gasteiger partial charge is 0.422 e. The maximum absolute atomic E-state index is 11.3. The summed E-state index contributed by atoms with van der Waals surface area (Å²) in [6.07, 6.45) is 1.03. The Morgan fingerprint density at radius 2 is 2.19 bits per heavy atom. The molecule has 0 bridgehead atoms. The van der Waals surface area contributed by atoms with Crippen molar-refractivity contribution in [3.05, 3.63) is 0 Å². The van der Waals surface area contributed by atoms with Gasteiger partial charge in [-0.15, -0.1) is 0 Å². The summed E-state index contributed by atoms with van der Waals surface area (Å²) < 4.78 is 5.02. The summed E-state index contributed by atoms with van der Waals surface area (Å²) in [4.78, 5) is 22.6. The average Bonchev–Trinajstić information content (AvgIpc) is 2.14. The number of hydrogen-bond donors (Lipinski definition) is 3. The molecule has 6 heteroatoms. The summed E-state index contributed by atoms with van der Waals surface area (Å²) in [5, 5.41) is 2.71. The Kier molecular flexibility index (Phi) is 4.12. The molecule has 0 aromatic carbocycles. The monoisotopic (exact) mass is 229 g/mol. The number of piperidine rings is 1. The molecule has 1 aliphatic rings. The van der Waals surface area contributed by atoms with Gasteiger partial charge < -0.3 is 10.1 Å². The zero-order valence-electron chi connectivity index (χ0n) is 9.92. The zero-order chi connectivity index (χ0) is 12.2. The van der Waals surface area contributed by atoms with Gasteiger partial charge in [0.05, 0.1) is 0 Å². The Morgan fingerprint density at radius 1 is 1.50 bits per heavy atom. The largest absolute Gasteiger partial charge is 0.443 e. The number of nitrogens with one attached hydrogen (secondary N) is 3. The van der Waals surface area contributed by atoms with E-state index >= 15 is 0 Å². The molecule has 0 aromatic rings. The molecule has 0 aromatic heterocycles. The molecule has 16 heavy (non-hydrogen) atoms. The van der Waals surface area contributed by atoms with Crippen molar-refractivity contribution in [1.29, 1.82) is 0 Å². The van der Waals surface area contributed by atoms with Gasteiger partial charge in [-0.3, -0.25) is 10.2 Å². The van der Waals surface area contributed by atoms with E-state index in [-0.39, 0.29) is 11.9 Å². The fourth-order valence-electron chi connectivity index (χ4n) is 1.36. The number of rotatable bonds is 2. The van der Waals surface area contributed by atoms with Crippen LogP contribution in [-0.4, -0.2) is 30.2 Å². The van der Waals surface area contributed by atoms with Gasteiger partial charge in [0, 0.05) is 6.54 Å². The van der Waals surface area contributed by atoms with Crippen LogP contribution in [0.3, 0.4) is 0 Å². The van der Waals surface area contributed by atoms with Gasteiger partial charge in [-0.1, -0.05) is 0 Å². The van der Waals surface area contributed by atoms with Gasteiger partial charge in [-0.2, -0.15) is 0 Å². The molecule has 1 unspecified atom stereocenters. The lowest BCUT2D eigenvalue weighted by Crippen LogP contribution is -2.54. The fourth-order valence-corrected chi connectivity index (χ4v) is 1.36. The van der Waals surface area contributed by atoms with Gasteiger partial charge in [0.1, 0.15) is 11.6 Å². The first-order valence-corrected chi connectivity index (χ1v) is 5.41. The predicted molar refractivity (Wildman–Crippen MR) is 58.5 cm³/mol. The van der Waals surface area contributed by atoms with Crippen molar-refractivity contribution < 1.29 is 14.3 Å². The van der Waals surface area contributed by atoms with Crippen LogP contribution in [0.15, 0.2) is 0 Å². The molecule has 0 spiro atoms. The second kappa shape index (κ2) is 5.16. The minimum atomic E-state index is -0.578. The minimum Gasteiger partial charge on any atom is -0.443 e. The maximum atomic E-state index is 11.3. The van der Waals surface area contributed by atoms with Gasteiger partial charge in [-0.25, -0.2) is 10.2 Å². The van der Waals surface area contributed by atoms with Crippen LogP contribution >= 0.6 is 0 Å². The Hall–Kier alpha value is -1.30. The molecule has 0 radical (unpaired) electrons. The summed E-state index contributed by atoms with van der Waals surface area (Å²) in [6, 6.07) is -0.374. The van der Waals surface area contributed by atoms with Crippen molar-refractivity contribution in [2.45, 2.75) is 45.3 Å². The van der Waals surface area contributed by atoms with E-state index in [2.05, 4.69) is 16.2 Å². The van der Waals surface area contributed by atoms with Crippen molar-refractivity contribution in [3.63, 3.8) is 0 Å². The molecule has 1 aliphatic heterocycles. The number of amides is 2. The maximum Gasteiger partial charge on any atom is 0.422 e. The van der Waals surface area contributed by atoms with Gasteiger partial charge >= 0.3 is 6.09 Å². The molecule has 1 heterocycles. The van der Waals surface area contributed by atoms with Gasteiger partial charge in [0.25, 0.3) is 0 Å². The minimum absolute atomic E-state index is 0.0951. The summed E-state index contributed by atoms with van der Waals surface area (Å²) in [5.74, 6) is -0.0951. The van der Waals surface area contributed by atoms with E-state index in [1.54, 1.807) is 20.8 Å². The highest BCUT2D eigenvalue weighted by Crippen LogP contribution is 2.06. The Bertz CT molecular complexity index is 273. The third-order valence-corrected chi connectivity index (χ3v) is 2.03.